The summed E-state index contributed by atoms with van der Waals surface area (Å²) >= 11 is 1.58. The second-order valence-electron chi connectivity index (χ2n) is 5.29. The number of nitrogens with zero attached hydrogens (tertiary/aromatic N) is 3. The van der Waals surface area contributed by atoms with Gasteiger partial charge in [-0.05, 0) is 36.4 Å². The molecule has 4 aromatic rings. The number of hydrogen-bond donors (Lipinski definition) is 0. The van der Waals surface area contributed by atoms with E-state index < -0.39 is 0 Å². The second-order valence-corrected chi connectivity index (χ2v) is 6.32. The molecule has 0 aliphatic heterocycles. The lowest BCUT2D eigenvalue weighted by molar-refractivity contribution is 0.104. The maximum atomic E-state index is 12.0. The summed E-state index contributed by atoms with van der Waals surface area (Å²) in [6.07, 6.45) is 6.37. The number of aryl methyl sites for hydroxylation is 1. The molecule has 0 aliphatic rings. The lowest BCUT2D eigenvalue weighted by Crippen LogP contribution is -1.91. The van der Waals surface area contributed by atoms with Crippen LogP contribution in [-0.4, -0.2) is 20.5 Å². The van der Waals surface area contributed by atoms with Crippen LogP contribution in [-0.2, 0) is 7.05 Å². The van der Waals surface area contributed by atoms with E-state index in [2.05, 4.69) is 10.1 Å². The highest BCUT2D eigenvalue weighted by molar-refractivity contribution is 7.21. The molecule has 3 heterocycles. The summed E-state index contributed by atoms with van der Waals surface area (Å²) in [6, 6.07) is 11.7. The van der Waals surface area contributed by atoms with Crippen molar-refractivity contribution >= 4 is 33.4 Å². The third kappa shape index (κ3) is 2.79. The van der Waals surface area contributed by atoms with Gasteiger partial charge in [-0.3, -0.25) is 9.48 Å². The van der Waals surface area contributed by atoms with Crippen molar-refractivity contribution in [2.45, 2.75) is 0 Å². The van der Waals surface area contributed by atoms with Crippen LogP contribution in [0.5, 0.6) is 0 Å². The van der Waals surface area contributed by atoms with E-state index in [0.717, 1.165) is 15.2 Å². The molecule has 0 bridgehead atoms. The van der Waals surface area contributed by atoms with E-state index in [1.54, 1.807) is 41.5 Å². The van der Waals surface area contributed by atoms with Gasteiger partial charge in [0.1, 0.15) is 5.76 Å². The van der Waals surface area contributed by atoms with Crippen molar-refractivity contribution in [2.24, 2.45) is 7.05 Å². The lowest BCUT2D eigenvalue weighted by Gasteiger charge is -1.89. The first-order valence-corrected chi connectivity index (χ1v) is 8.17. The predicted octanol–water partition coefficient (Wildman–Crippen LogP) is 4.19. The molecular formula is C18H13N3O2S. The summed E-state index contributed by atoms with van der Waals surface area (Å²) in [5, 5.41) is 4.82. The zero-order valence-electron chi connectivity index (χ0n) is 12.8. The smallest absolute Gasteiger partial charge is 0.189 e. The monoisotopic (exact) mass is 335 g/mol. The van der Waals surface area contributed by atoms with Gasteiger partial charge in [0, 0.05) is 13.2 Å². The number of fused-ring (bicyclic) bond motifs is 1. The highest BCUT2D eigenvalue weighted by Gasteiger charge is 2.10. The van der Waals surface area contributed by atoms with Crippen molar-refractivity contribution in [3.8, 4) is 10.8 Å². The third-order valence-electron chi connectivity index (χ3n) is 3.52. The summed E-state index contributed by atoms with van der Waals surface area (Å²) < 4.78 is 8.49. The largest absolute Gasteiger partial charge is 0.454 e. The van der Waals surface area contributed by atoms with Crippen LogP contribution in [0.2, 0.25) is 0 Å². The van der Waals surface area contributed by atoms with Gasteiger partial charge in [-0.2, -0.15) is 5.10 Å². The molecule has 0 N–H and O–H groups in total. The Labute approximate surface area is 141 Å². The highest BCUT2D eigenvalue weighted by Crippen LogP contribution is 2.31. The topological polar surface area (TPSA) is 60.9 Å². The van der Waals surface area contributed by atoms with Crippen LogP contribution in [0.25, 0.3) is 27.1 Å². The van der Waals surface area contributed by atoms with E-state index in [1.807, 2.05) is 36.4 Å². The number of carbonyl (C=O) groups excluding carboxylic acids is 1. The molecule has 0 amide bonds. The summed E-state index contributed by atoms with van der Waals surface area (Å²) in [6.45, 7) is 0. The summed E-state index contributed by atoms with van der Waals surface area (Å²) in [5.74, 6) is 1.20. The number of hydrogen-bond acceptors (Lipinski definition) is 5. The molecule has 4 rings (SSSR count). The normalized spacial score (nSPS) is 11.5. The first-order valence-electron chi connectivity index (χ1n) is 7.36. The summed E-state index contributed by atoms with van der Waals surface area (Å²) in [4.78, 5) is 16.6. The van der Waals surface area contributed by atoms with E-state index in [4.69, 9.17) is 4.42 Å². The van der Waals surface area contributed by atoms with Crippen molar-refractivity contribution in [3.05, 3.63) is 66.2 Å². The van der Waals surface area contributed by atoms with Gasteiger partial charge in [-0.25, -0.2) is 4.98 Å². The Morgan fingerprint density at radius 2 is 2.12 bits per heavy atom. The van der Waals surface area contributed by atoms with Gasteiger partial charge in [0.05, 0.1) is 22.0 Å². The van der Waals surface area contributed by atoms with E-state index in [0.29, 0.717) is 17.1 Å². The molecule has 118 valence electrons. The van der Waals surface area contributed by atoms with Crippen LogP contribution in [0.3, 0.4) is 0 Å². The maximum absolute atomic E-state index is 12.0. The molecule has 0 radical (unpaired) electrons. The number of rotatable bonds is 4. The van der Waals surface area contributed by atoms with Crippen LogP contribution < -0.4 is 0 Å². The van der Waals surface area contributed by atoms with Crippen molar-refractivity contribution in [1.82, 2.24) is 14.8 Å². The van der Waals surface area contributed by atoms with Gasteiger partial charge >= 0.3 is 0 Å². The number of thiazole rings is 1. The van der Waals surface area contributed by atoms with Gasteiger partial charge in [0.25, 0.3) is 0 Å². The van der Waals surface area contributed by atoms with Gasteiger partial charge in [0.15, 0.2) is 16.6 Å². The Bertz CT molecular complexity index is 1020. The minimum absolute atomic E-state index is 0.110. The van der Waals surface area contributed by atoms with Crippen molar-refractivity contribution in [2.75, 3.05) is 0 Å². The molecule has 0 saturated carbocycles. The first kappa shape index (κ1) is 14.6. The molecule has 0 saturated heterocycles. The average Bonchev–Trinajstić information content (AvgIpc) is 3.31. The number of allylic oxidation sites excluding steroid dienone is 1. The molecule has 3 aromatic heterocycles. The quantitative estimate of drug-likeness (QED) is 0.414. The standard InChI is InChI=1S/C18H13N3O2S/c1-21-11-12(10-19-21)15(22)8-6-13-7-9-16(23-13)18-20-14-4-2-3-5-17(14)24-18/h2-11H,1H3. The zero-order chi connectivity index (χ0) is 16.5. The molecule has 24 heavy (non-hydrogen) atoms. The Kier molecular flexibility index (Phi) is 3.59. The predicted molar refractivity (Wildman–Crippen MR) is 93.9 cm³/mol. The van der Waals surface area contributed by atoms with Crippen molar-refractivity contribution in [3.63, 3.8) is 0 Å². The number of aromatic nitrogens is 3. The van der Waals surface area contributed by atoms with Gasteiger partial charge in [-0.1, -0.05) is 12.1 Å². The molecule has 0 unspecified atom stereocenters. The number of ketones is 1. The molecule has 0 atom stereocenters. The Balaban J connectivity index is 1.56. The Morgan fingerprint density at radius 1 is 1.25 bits per heavy atom. The zero-order valence-corrected chi connectivity index (χ0v) is 13.7. The second kappa shape index (κ2) is 5.90. The SMILES string of the molecule is Cn1cc(C(=O)C=Cc2ccc(-c3nc4ccccc4s3)o2)cn1. The first-order chi connectivity index (χ1) is 11.7. The van der Waals surface area contributed by atoms with Gasteiger partial charge < -0.3 is 4.42 Å². The van der Waals surface area contributed by atoms with Crippen LogP contribution in [0.1, 0.15) is 16.1 Å². The molecule has 6 heteroatoms. The van der Waals surface area contributed by atoms with Crippen LogP contribution in [0.4, 0.5) is 0 Å². The minimum atomic E-state index is -0.110. The fraction of sp³-hybridized carbons (Fsp3) is 0.0556. The molecular weight excluding hydrogens is 322 g/mol. The molecule has 0 aliphatic carbocycles. The van der Waals surface area contributed by atoms with Crippen LogP contribution >= 0.6 is 11.3 Å². The number of para-hydroxylation sites is 1. The van der Waals surface area contributed by atoms with Crippen LogP contribution in [0.15, 0.2) is 59.3 Å². The Morgan fingerprint density at radius 3 is 2.92 bits per heavy atom. The third-order valence-corrected chi connectivity index (χ3v) is 4.57. The molecule has 0 fully saturated rings. The highest BCUT2D eigenvalue weighted by atomic mass is 32.1. The van der Waals surface area contributed by atoms with Gasteiger partial charge in [0.2, 0.25) is 0 Å². The Hall–Kier alpha value is -2.99. The van der Waals surface area contributed by atoms with Crippen LogP contribution in [0, 0.1) is 0 Å². The molecule has 0 spiro atoms. The van der Waals surface area contributed by atoms with E-state index >= 15 is 0 Å². The number of benzene rings is 1. The number of carbonyl (C=O) groups is 1. The fourth-order valence-electron chi connectivity index (χ4n) is 2.34. The lowest BCUT2D eigenvalue weighted by atomic mass is 10.2. The molecule has 5 nitrogen and oxygen atoms in total. The fourth-order valence-corrected chi connectivity index (χ4v) is 3.26. The van der Waals surface area contributed by atoms with Crippen molar-refractivity contribution < 1.29 is 9.21 Å². The minimum Gasteiger partial charge on any atom is -0.454 e. The average molecular weight is 335 g/mol. The van der Waals surface area contributed by atoms with E-state index in [-0.39, 0.29) is 5.78 Å². The summed E-state index contributed by atoms with van der Waals surface area (Å²) in [7, 11) is 1.78. The van der Waals surface area contributed by atoms with Crippen molar-refractivity contribution in [1.29, 1.82) is 0 Å². The van der Waals surface area contributed by atoms with Gasteiger partial charge in [-0.15, -0.1) is 11.3 Å². The molecule has 1 aromatic carbocycles. The summed E-state index contributed by atoms with van der Waals surface area (Å²) in [5.41, 5.74) is 1.50. The number of furan rings is 1. The van der Waals surface area contributed by atoms with E-state index in [1.165, 1.54) is 6.08 Å². The maximum Gasteiger partial charge on any atom is 0.189 e. The van der Waals surface area contributed by atoms with E-state index in [9.17, 15) is 4.79 Å².